The molecule has 0 N–H and O–H groups in total. The summed E-state index contributed by atoms with van der Waals surface area (Å²) < 4.78 is 26.9. The van der Waals surface area contributed by atoms with E-state index < -0.39 is 0 Å². The molecule has 0 spiro atoms. The Balaban J connectivity index is 1.39. The number of carbonyl (C=O) groups excluding carboxylic acids is 1. The second kappa shape index (κ2) is 13.4. The summed E-state index contributed by atoms with van der Waals surface area (Å²) in [4.78, 5) is 14.7. The summed E-state index contributed by atoms with van der Waals surface area (Å²) in [6, 6.07) is 10.2. The molecular weight excluding hydrogens is 711 g/mol. The van der Waals surface area contributed by atoms with Crippen molar-refractivity contribution < 1.29 is 23.7 Å². The first kappa shape index (κ1) is 36.6. The van der Waals surface area contributed by atoms with Crippen LogP contribution in [0.3, 0.4) is 0 Å². The van der Waals surface area contributed by atoms with Crippen LogP contribution in [0.2, 0.25) is 0 Å². The minimum Gasteiger partial charge on any atom is -0.461 e. The standard InChI is InChI=1S/C42H61IO5/c1-27(2)29(4)38(5)19-20-40(7)31-15-16-34-39(6)25-46-26-42(34,21-33(45-9)36(39)47-23-28(3)22-43)32(31)17-18-41(40,8)35(38)37(44)48-24-30-13-11-10-12-14-30/h10-14,17,27,29,31,33-36H,3,15-16,18-26H2,1-2,4-9H3/t29-,31+,33-,34+,35-,36+,38-,39?,40-,41+,42+/m1/s1. The van der Waals surface area contributed by atoms with E-state index >= 15 is 0 Å². The number of hydrogen-bond acceptors (Lipinski definition) is 5. The zero-order valence-electron chi connectivity index (χ0n) is 30.9. The summed E-state index contributed by atoms with van der Waals surface area (Å²) in [5.41, 5.74) is 3.12. The molecule has 6 rings (SSSR count). The zero-order chi connectivity index (χ0) is 34.7. The van der Waals surface area contributed by atoms with Gasteiger partial charge in [-0.05, 0) is 89.6 Å². The van der Waals surface area contributed by atoms with Crippen molar-refractivity contribution in [2.75, 3.05) is 31.4 Å². The summed E-state index contributed by atoms with van der Waals surface area (Å²) in [7, 11) is 1.86. The van der Waals surface area contributed by atoms with Crippen molar-refractivity contribution in [3.05, 3.63) is 59.7 Å². The Morgan fingerprint density at radius 1 is 1.04 bits per heavy atom. The third-order valence-electron chi connectivity index (χ3n) is 15.2. The largest absolute Gasteiger partial charge is 0.461 e. The predicted octanol–water partition coefficient (Wildman–Crippen LogP) is 9.63. The van der Waals surface area contributed by atoms with E-state index in [0.29, 0.717) is 43.5 Å². The second-order valence-electron chi connectivity index (χ2n) is 17.7. The second-order valence-corrected chi connectivity index (χ2v) is 18.5. The van der Waals surface area contributed by atoms with Gasteiger partial charge in [-0.3, -0.25) is 4.79 Å². The monoisotopic (exact) mass is 772 g/mol. The lowest BCUT2D eigenvalue weighted by Crippen LogP contribution is -2.70. The van der Waals surface area contributed by atoms with Crippen LogP contribution in [0, 0.1) is 56.7 Å². The first-order valence-electron chi connectivity index (χ1n) is 18.6. The lowest BCUT2D eigenvalue weighted by molar-refractivity contribution is -0.265. The van der Waals surface area contributed by atoms with E-state index in [-0.39, 0.29) is 51.2 Å². The molecule has 5 nitrogen and oxygen atoms in total. The Labute approximate surface area is 304 Å². The number of halogens is 1. The Bertz CT molecular complexity index is 1390. The third kappa shape index (κ3) is 5.51. The maximum atomic E-state index is 14.7. The van der Waals surface area contributed by atoms with E-state index in [2.05, 4.69) is 95.8 Å². The highest BCUT2D eigenvalue weighted by atomic mass is 127. The number of rotatable bonds is 10. The average molecular weight is 773 g/mol. The highest BCUT2D eigenvalue weighted by molar-refractivity contribution is 14.1. The SMILES string of the molecule is C=C(CI)CO[C@H]1[C@H](OC)C[C@@]23COCC1(C)[C@@H]2CC[C@H]1C3=CC[C@@]2(C)[C@H](C(=O)OCc3ccccc3)[C@@](C)([C@H](C)C(C)C)CC[C@]12C. The van der Waals surface area contributed by atoms with Crippen LogP contribution in [0.25, 0.3) is 0 Å². The number of alkyl halides is 1. The molecule has 1 aliphatic heterocycles. The fourth-order valence-electron chi connectivity index (χ4n) is 12.1. The number of allylic oxidation sites excluding steroid dienone is 1. The van der Waals surface area contributed by atoms with Crippen LogP contribution in [0.4, 0.5) is 0 Å². The van der Waals surface area contributed by atoms with Crippen molar-refractivity contribution in [3.63, 3.8) is 0 Å². The van der Waals surface area contributed by atoms with Gasteiger partial charge in [0.05, 0.1) is 37.9 Å². The molecule has 1 heterocycles. The van der Waals surface area contributed by atoms with Crippen LogP contribution < -0.4 is 0 Å². The molecule has 266 valence electrons. The van der Waals surface area contributed by atoms with Crippen molar-refractivity contribution in [1.82, 2.24) is 0 Å². The topological polar surface area (TPSA) is 54.0 Å². The molecule has 3 saturated carbocycles. The van der Waals surface area contributed by atoms with E-state index in [9.17, 15) is 4.79 Å². The number of ether oxygens (including phenoxy) is 4. The third-order valence-corrected chi connectivity index (χ3v) is 16.3. The molecule has 4 fully saturated rings. The van der Waals surface area contributed by atoms with Crippen LogP contribution in [-0.2, 0) is 30.3 Å². The first-order chi connectivity index (χ1) is 22.7. The lowest BCUT2D eigenvalue weighted by Gasteiger charge is -2.71. The summed E-state index contributed by atoms with van der Waals surface area (Å²) in [5.74, 6) is 1.54. The van der Waals surface area contributed by atoms with Gasteiger partial charge in [0.1, 0.15) is 6.61 Å². The molecule has 0 amide bonds. The summed E-state index contributed by atoms with van der Waals surface area (Å²) in [6.07, 6.45) is 8.84. The van der Waals surface area contributed by atoms with E-state index in [1.807, 2.05) is 25.3 Å². The molecule has 0 aromatic heterocycles. The first-order valence-corrected chi connectivity index (χ1v) is 20.1. The van der Waals surface area contributed by atoms with Crippen LogP contribution in [0.15, 0.2) is 54.1 Å². The number of methoxy groups -OCH3 is 1. The minimum atomic E-state index is -0.228. The highest BCUT2D eigenvalue weighted by Crippen LogP contribution is 2.75. The van der Waals surface area contributed by atoms with Gasteiger partial charge in [-0.25, -0.2) is 0 Å². The lowest BCUT2D eigenvalue weighted by atomic mass is 9.34. The van der Waals surface area contributed by atoms with Gasteiger partial charge < -0.3 is 18.9 Å². The maximum Gasteiger partial charge on any atom is 0.310 e. The molecule has 5 aliphatic rings. The van der Waals surface area contributed by atoms with E-state index in [4.69, 9.17) is 18.9 Å². The highest BCUT2D eigenvalue weighted by Gasteiger charge is 2.72. The van der Waals surface area contributed by atoms with Crippen LogP contribution in [-0.4, -0.2) is 49.5 Å². The number of carbonyl (C=O) groups is 1. The number of hydrogen-bond donors (Lipinski definition) is 0. The summed E-state index contributed by atoms with van der Waals surface area (Å²) >= 11 is 2.37. The molecule has 2 bridgehead atoms. The predicted molar refractivity (Wildman–Crippen MR) is 201 cm³/mol. The van der Waals surface area contributed by atoms with Gasteiger partial charge in [0.25, 0.3) is 0 Å². The quantitative estimate of drug-likeness (QED) is 0.103. The molecule has 48 heavy (non-hydrogen) atoms. The van der Waals surface area contributed by atoms with Gasteiger partial charge in [0.15, 0.2) is 0 Å². The molecule has 0 radical (unpaired) electrons. The van der Waals surface area contributed by atoms with Gasteiger partial charge in [0.2, 0.25) is 0 Å². The molecule has 1 aromatic carbocycles. The molecule has 1 unspecified atom stereocenters. The molecule has 11 atom stereocenters. The van der Waals surface area contributed by atoms with Crippen molar-refractivity contribution in [1.29, 1.82) is 0 Å². The fraction of sp³-hybridized carbons (Fsp3) is 0.738. The maximum absolute atomic E-state index is 14.7. The smallest absolute Gasteiger partial charge is 0.310 e. The van der Waals surface area contributed by atoms with Crippen LogP contribution >= 0.6 is 22.6 Å². The van der Waals surface area contributed by atoms with Gasteiger partial charge >= 0.3 is 5.97 Å². The molecule has 4 aliphatic carbocycles. The number of fused-ring (bicyclic) bond motifs is 3. The molecule has 6 heteroatoms. The normalized spacial score (nSPS) is 42.5. The molecule has 1 aromatic rings. The van der Waals surface area contributed by atoms with Gasteiger partial charge in [-0.2, -0.15) is 0 Å². The number of esters is 1. The molecular formula is C42H61IO5. The van der Waals surface area contributed by atoms with Crippen molar-refractivity contribution >= 4 is 28.6 Å². The Morgan fingerprint density at radius 2 is 1.77 bits per heavy atom. The van der Waals surface area contributed by atoms with Crippen molar-refractivity contribution in [3.8, 4) is 0 Å². The summed E-state index contributed by atoms with van der Waals surface area (Å²) in [5, 5.41) is 0. The van der Waals surface area contributed by atoms with Crippen molar-refractivity contribution in [2.45, 2.75) is 106 Å². The van der Waals surface area contributed by atoms with Gasteiger partial charge in [-0.1, -0.05) is 120 Å². The van der Waals surface area contributed by atoms with Crippen LogP contribution in [0.5, 0.6) is 0 Å². The Hall–Kier alpha value is -1.22. The van der Waals surface area contributed by atoms with E-state index in [1.165, 1.54) is 0 Å². The van der Waals surface area contributed by atoms with Crippen molar-refractivity contribution in [2.24, 2.45) is 56.7 Å². The Kier molecular flexibility index (Phi) is 10.2. The van der Waals surface area contributed by atoms with E-state index in [1.54, 1.807) is 5.57 Å². The van der Waals surface area contributed by atoms with Gasteiger partial charge in [0, 0.05) is 22.4 Å². The Morgan fingerprint density at radius 3 is 2.44 bits per heavy atom. The average Bonchev–Trinajstić information content (AvgIpc) is 3.06. The van der Waals surface area contributed by atoms with Crippen LogP contribution in [0.1, 0.15) is 92.6 Å². The van der Waals surface area contributed by atoms with E-state index in [0.717, 1.165) is 60.7 Å². The van der Waals surface area contributed by atoms with Gasteiger partial charge in [-0.15, -0.1) is 0 Å². The fourth-order valence-corrected chi connectivity index (χ4v) is 12.3. The summed E-state index contributed by atoms with van der Waals surface area (Å²) in [6.45, 7) is 23.4. The number of benzene rings is 1. The zero-order valence-corrected chi connectivity index (χ0v) is 33.1. The molecule has 1 saturated heterocycles. The minimum absolute atomic E-state index is 0.000166.